The number of hydrogen-bond acceptors (Lipinski definition) is 2. The van der Waals surface area contributed by atoms with Crippen molar-refractivity contribution >= 4 is 29.2 Å². The molecule has 0 spiro atoms. The van der Waals surface area contributed by atoms with Crippen LogP contribution in [-0.4, -0.2) is 20.6 Å². The van der Waals surface area contributed by atoms with E-state index in [1.165, 1.54) is 0 Å². The molecule has 0 unspecified atom stereocenters. The first-order valence-electron chi connectivity index (χ1n) is 7.80. The van der Waals surface area contributed by atoms with Gasteiger partial charge in [0.1, 0.15) is 5.82 Å². The summed E-state index contributed by atoms with van der Waals surface area (Å²) >= 11 is 6.34. The normalized spacial score (nSPS) is 11.4. The fraction of sp³-hybridized carbons (Fsp3) is 0.200. The van der Waals surface area contributed by atoms with Crippen molar-refractivity contribution in [3.63, 3.8) is 0 Å². The largest absolute Gasteiger partial charge is 0.478 e. The quantitative estimate of drug-likeness (QED) is 0.592. The molecule has 2 aromatic rings. The number of carboxylic acids is 1. The van der Waals surface area contributed by atoms with Crippen molar-refractivity contribution in [1.82, 2.24) is 9.55 Å². The molecule has 2 rings (SSSR count). The van der Waals surface area contributed by atoms with Crippen molar-refractivity contribution in [3.05, 3.63) is 76.4 Å². The Hall–Kier alpha value is -2.59. The van der Waals surface area contributed by atoms with Gasteiger partial charge >= 0.3 is 5.97 Å². The van der Waals surface area contributed by atoms with Crippen LogP contribution in [0.3, 0.4) is 0 Å². The summed E-state index contributed by atoms with van der Waals surface area (Å²) in [7, 11) is 0. The molecule has 1 aromatic carbocycles. The zero-order chi connectivity index (χ0) is 18.7. The van der Waals surface area contributed by atoms with E-state index in [0.29, 0.717) is 23.0 Å². The molecule has 0 aliphatic rings. The molecule has 1 heterocycles. The number of aryl methyl sites for hydroxylation is 2. The molecule has 0 saturated heterocycles. The predicted octanol–water partition coefficient (Wildman–Crippen LogP) is 4.89. The standard InChI is InChI=1S/C20H21ClN2O2/c1-6-13(3)19-22-15(5)18(10-14(4)20(24)25)23(19)11-16-9-12(2)7-8-17(16)21/h6-10H,1,3,11H2,2,4-5H3,(H,24,25)/b14-10+. The number of nitrogens with zero attached hydrogens (tertiary/aromatic N) is 2. The van der Waals surface area contributed by atoms with E-state index in [4.69, 9.17) is 11.6 Å². The minimum absolute atomic E-state index is 0.232. The zero-order valence-electron chi connectivity index (χ0n) is 14.6. The van der Waals surface area contributed by atoms with Crippen LogP contribution in [0.2, 0.25) is 5.02 Å². The average molecular weight is 357 g/mol. The Morgan fingerprint density at radius 1 is 1.40 bits per heavy atom. The Morgan fingerprint density at radius 2 is 2.08 bits per heavy atom. The number of benzene rings is 1. The minimum Gasteiger partial charge on any atom is -0.478 e. The Balaban J connectivity index is 2.65. The molecular weight excluding hydrogens is 336 g/mol. The second-order valence-corrected chi connectivity index (χ2v) is 6.36. The van der Waals surface area contributed by atoms with Crippen molar-refractivity contribution in [2.75, 3.05) is 0 Å². The lowest BCUT2D eigenvalue weighted by atomic mass is 10.1. The fourth-order valence-corrected chi connectivity index (χ4v) is 2.70. The average Bonchev–Trinajstić information content (AvgIpc) is 2.86. The molecule has 0 fully saturated rings. The van der Waals surface area contributed by atoms with E-state index in [-0.39, 0.29) is 5.57 Å². The fourth-order valence-electron chi connectivity index (χ4n) is 2.53. The maximum absolute atomic E-state index is 11.2. The van der Waals surface area contributed by atoms with Gasteiger partial charge in [0.2, 0.25) is 0 Å². The van der Waals surface area contributed by atoms with Gasteiger partial charge in [0.05, 0.1) is 17.9 Å². The van der Waals surface area contributed by atoms with Crippen molar-refractivity contribution < 1.29 is 9.90 Å². The van der Waals surface area contributed by atoms with Crippen molar-refractivity contribution in [2.24, 2.45) is 0 Å². The lowest BCUT2D eigenvalue weighted by molar-refractivity contribution is -0.132. The highest BCUT2D eigenvalue weighted by Crippen LogP contribution is 2.25. The summed E-state index contributed by atoms with van der Waals surface area (Å²) in [5.74, 6) is -0.320. The van der Waals surface area contributed by atoms with Gasteiger partial charge in [-0.15, -0.1) is 0 Å². The molecular formula is C20H21ClN2O2. The number of carboxylic acid groups (broad SMARTS) is 1. The number of aromatic nitrogens is 2. The molecule has 0 amide bonds. The highest BCUT2D eigenvalue weighted by Gasteiger charge is 2.16. The molecule has 0 bridgehead atoms. The number of halogens is 1. The predicted molar refractivity (Wildman–Crippen MR) is 103 cm³/mol. The van der Waals surface area contributed by atoms with Crippen LogP contribution in [0.4, 0.5) is 0 Å². The number of carbonyl (C=O) groups is 1. The first-order chi connectivity index (χ1) is 11.7. The topological polar surface area (TPSA) is 55.1 Å². The summed E-state index contributed by atoms with van der Waals surface area (Å²) < 4.78 is 1.92. The van der Waals surface area contributed by atoms with Gasteiger partial charge in [0.25, 0.3) is 0 Å². The minimum atomic E-state index is -0.968. The molecule has 25 heavy (non-hydrogen) atoms. The Morgan fingerprint density at radius 3 is 2.68 bits per heavy atom. The first kappa shape index (κ1) is 18.7. The van der Waals surface area contributed by atoms with Gasteiger partial charge in [-0.2, -0.15) is 0 Å². The zero-order valence-corrected chi connectivity index (χ0v) is 15.4. The number of imidazole rings is 1. The number of allylic oxidation sites excluding steroid dienone is 2. The van der Waals surface area contributed by atoms with Gasteiger partial charge < -0.3 is 9.67 Å². The van der Waals surface area contributed by atoms with Crippen LogP contribution in [0, 0.1) is 13.8 Å². The van der Waals surface area contributed by atoms with Gasteiger partial charge in [0.15, 0.2) is 0 Å². The van der Waals surface area contributed by atoms with Gasteiger partial charge in [-0.3, -0.25) is 0 Å². The highest BCUT2D eigenvalue weighted by molar-refractivity contribution is 6.31. The molecule has 4 nitrogen and oxygen atoms in total. The second-order valence-electron chi connectivity index (χ2n) is 5.95. The Labute approximate surface area is 152 Å². The third-order valence-electron chi connectivity index (χ3n) is 3.94. The Kier molecular flexibility index (Phi) is 5.65. The van der Waals surface area contributed by atoms with E-state index in [1.807, 2.05) is 36.6 Å². The lowest BCUT2D eigenvalue weighted by Gasteiger charge is -2.13. The van der Waals surface area contributed by atoms with Crippen molar-refractivity contribution in [2.45, 2.75) is 27.3 Å². The van der Waals surface area contributed by atoms with Crippen LogP contribution in [0.25, 0.3) is 11.6 Å². The lowest BCUT2D eigenvalue weighted by Crippen LogP contribution is -2.08. The third kappa shape index (κ3) is 4.09. The van der Waals surface area contributed by atoms with Crippen LogP contribution in [0.15, 0.2) is 43.0 Å². The third-order valence-corrected chi connectivity index (χ3v) is 4.31. The summed E-state index contributed by atoms with van der Waals surface area (Å²) in [5, 5.41) is 9.85. The smallest absolute Gasteiger partial charge is 0.331 e. The summed E-state index contributed by atoms with van der Waals surface area (Å²) in [6.45, 7) is 13.6. The van der Waals surface area contributed by atoms with Crippen molar-refractivity contribution in [1.29, 1.82) is 0 Å². The second kappa shape index (κ2) is 7.53. The summed E-state index contributed by atoms with van der Waals surface area (Å²) in [4.78, 5) is 15.8. The molecule has 1 aromatic heterocycles. The van der Waals surface area contributed by atoms with Crippen LogP contribution in [-0.2, 0) is 11.3 Å². The number of rotatable bonds is 6. The first-order valence-corrected chi connectivity index (χ1v) is 8.17. The van der Waals surface area contributed by atoms with E-state index < -0.39 is 5.97 Å². The van der Waals surface area contributed by atoms with E-state index in [1.54, 1.807) is 19.1 Å². The maximum atomic E-state index is 11.2. The highest BCUT2D eigenvalue weighted by atomic mass is 35.5. The van der Waals surface area contributed by atoms with Crippen LogP contribution in [0.1, 0.15) is 35.3 Å². The van der Waals surface area contributed by atoms with E-state index in [0.717, 1.165) is 22.5 Å². The molecule has 0 aliphatic carbocycles. The van der Waals surface area contributed by atoms with Crippen molar-refractivity contribution in [3.8, 4) is 0 Å². The molecule has 0 saturated carbocycles. The monoisotopic (exact) mass is 356 g/mol. The summed E-state index contributed by atoms with van der Waals surface area (Å²) in [6, 6.07) is 5.82. The summed E-state index contributed by atoms with van der Waals surface area (Å²) in [5.41, 5.74) is 4.37. The molecule has 0 aliphatic heterocycles. The van der Waals surface area contributed by atoms with Gasteiger partial charge in [-0.05, 0) is 38.5 Å². The van der Waals surface area contributed by atoms with Gasteiger partial charge in [-0.1, -0.05) is 48.5 Å². The van der Waals surface area contributed by atoms with E-state index in [9.17, 15) is 9.90 Å². The van der Waals surface area contributed by atoms with E-state index in [2.05, 4.69) is 18.1 Å². The summed E-state index contributed by atoms with van der Waals surface area (Å²) in [6.07, 6.45) is 3.25. The van der Waals surface area contributed by atoms with Crippen LogP contribution < -0.4 is 0 Å². The number of hydrogen-bond donors (Lipinski definition) is 1. The van der Waals surface area contributed by atoms with Crippen LogP contribution >= 0.6 is 11.6 Å². The SMILES string of the molecule is C=CC(=C)c1nc(C)c(/C=C(\C)C(=O)O)n1Cc1cc(C)ccc1Cl. The molecule has 1 N–H and O–H groups in total. The Bertz CT molecular complexity index is 891. The van der Waals surface area contributed by atoms with Gasteiger partial charge in [0, 0.05) is 16.2 Å². The van der Waals surface area contributed by atoms with Crippen LogP contribution in [0.5, 0.6) is 0 Å². The van der Waals surface area contributed by atoms with Gasteiger partial charge in [-0.25, -0.2) is 9.78 Å². The molecule has 5 heteroatoms. The maximum Gasteiger partial charge on any atom is 0.331 e. The molecule has 0 radical (unpaired) electrons. The number of aliphatic carboxylic acids is 1. The molecule has 0 atom stereocenters. The van der Waals surface area contributed by atoms with E-state index >= 15 is 0 Å². The molecule has 130 valence electrons.